The van der Waals surface area contributed by atoms with Crippen LogP contribution in [0.2, 0.25) is 0 Å². The molecule has 0 radical (unpaired) electrons. The van der Waals surface area contributed by atoms with E-state index in [1.54, 1.807) is 0 Å². The van der Waals surface area contributed by atoms with Gasteiger partial charge in [-0.1, -0.05) is 18.2 Å². The first-order chi connectivity index (χ1) is 3.85. The maximum absolute atomic E-state index is 5.35. The Balaban J connectivity index is 3.72. The highest BCUT2D eigenvalue weighted by atomic mass is 14.5. The summed E-state index contributed by atoms with van der Waals surface area (Å²) in [5, 5.41) is 0. The zero-order chi connectivity index (χ0) is 6.41. The summed E-state index contributed by atoms with van der Waals surface area (Å²) < 4.78 is 0. The van der Waals surface area contributed by atoms with Gasteiger partial charge in [0, 0.05) is 6.54 Å². The van der Waals surface area contributed by atoms with Crippen LogP contribution in [0.5, 0.6) is 0 Å². The van der Waals surface area contributed by atoms with E-state index in [4.69, 9.17) is 5.73 Å². The molecule has 1 heteroatoms. The summed E-state index contributed by atoms with van der Waals surface area (Å²) in [6, 6.07) is 0. The van der Waals surface area contributed by atoms with Gasteiger partial charge in [-0.05, 0) is 19.4 Å². The van der Waals surface area contributed by atoms with E-state index in [1.807, 2.05) is 32.1 Å². The van der Waals surface area contributed by atoms with Crippen LogP contribution in [0.4, 0.5) is 0 Å². The van der Waals surface area contributed by atoms with Crippen molar-refractivity contribution >= 4 is 0 Å². The van der Waals surface area contributed by atoms with Crippen molar-refractivity contribution in [3.8, 4) is 0 Å². The molecule has 0 unspecified atom stereocenters. The van der Waals surface area contributed by atoms with Gasteiger partial charge >= 0.3 is 0 Å². The van der Waals surface area contributed by atoms with Crippen molar-refractivity contribution in [2.75, 3.05) is 6.54 Å². The molecule has 0 aliphatic heterocycles. The molecule has 0 aliphatic carbocycles. The van der Waals surface area contributed by atoms with Gasteiger partial charge in [-0.3, -0.25) is 0 Å². The fourth-order valence-corrected chi connectivity index (χ4v) is 0.496. The molecule has 0 rings (SSSR count). The standard InChI is InChI=1S/C7H13N/c1-3-5-7(4-2)6-8/h3-5H,6,8H2,1-2H3. The predicted molar refractivity (Wildman–Crippen MR) is 37.6 cm³/mol. The molecule has 0 saturated carbocycles. The summed E-state index contributed by atoms with van der Waals surface area (Å²) in [7, 11) is 0. The van der Waals surface area contributed by atoms with Gasteiger partial charge in [-0.2, -0.15) is 0 Å². The molecule has 0 aromatic carbocycles. The van der Waals surface area contributed by atoms with Crippen molar-refractivity contribution in [1.82, 2.24) is 0 Å². The highest BCUT2D eigenvalue weighted by Gasteiger charge is 1.79. The summed E-state index contributed by atoms with van der Waals surface area (Å²) in [5.41, 5.74) is 6.54. The Morgan fingerprint density at radius 2 is 2.12 bits per heavy atom. The summed E-state index contributed by atoms with van der Waals surface area (Å²) in [6.45, 7) is 4.61. The summed E-state index contributed by atoms with van der Waals surface area (Å²) >= 11 is 0. The van der Waals surface area contributed by atoms with Crippen LogP contribution < -0.4 is 5.73 Å². The second-order valence-corrected chi connectivity index (χ2v) is 1.57. The molecular formula is C7H13N. The Bertz CT molecular complexity index is 98.2. The Morgan fingerprint density at radius 3 is 2.25 bits per heavy atom. The molecule has 0 aromatic heterocycles. The van der Waals surface area contributed by atoms with E-state index in [1.165, 1.54) is 5.57 Å². The number of allylic oxidation sites excluding steroid dienone is 2. The van der Waals surface area contributed by atoms with Gasteiger partial charge in [0.15, 0.2) is 0 Å². The van der Waals surface area contributed by atoms with Gasteiger partial charge in [-0.25, -0.2) is 0 Å². The largest absolute Gasteiger partial charge is 0.327 e. The van der Waals surface area contributed by atoms with Gasteiger partial charge < -0.3 is 5.73 Å². The van der Waals surface area contributed by atoms with E-state index >= 15 is 0 Å². The molecule has 1 nitrogen and oxygen atoms in total. The second-order valence-electron chi connectivity index (χ2n) is 1.57. The molecular weight excluding hydrogens is 98.1 g/mol. The van der Waals surface area contributed by atoms with Crippen LogP contribution in [0, 0.1) is 0 Å². The molecule has 0 spiro atoms. The van der Waals surface area contributed by atoms with Crippen LogP contribution in [-0.2, 0) is 0 Å². The SMILES string of the molecule is CC=CC(=CC)CN. The quantitative estimate of drug-likeness (QED) is 0.536. The van der Waals surface area contributed by atoms with Crippen molar-refractivity contribution in [2.45, 2.75) is 13.8 Å². The average molecular weight is 111 g/mol. The van der Waals surface area contributed by atoms with Gasteiger partial charge in [0.2, 0.25) is 0 Å². The first kappa shape index (κ1) is 7.44. The second kappa shape index (κ2) is 4.60. The lowest BCUT2D eigenvalue weighted by molar-refractivity contribution is 1.18. The van der Waals surface area contributed by atoms with Crippen molar-refractivity contribution in [2.24, 2.45) is 5.73 Å². The lowest BCUT2D eigenvalue weighted by Crippen LogP contribution is -1.99. The minimum Gasteiger partial charge on any atom is -0.327 e. The van der Waals surface area contributed by atoms with E-state index in [0.29, 0.717) is 6.54 Å². The molecule has 46 valence electrons. The monoisotopic (exact) mass is 111 g/mol. The Labute approximate surface area is 50.9 Å². The smallest absolute Gasteiger partial charge is 0.0174 e. The number of nitrogens with two attached hydrogens (primary N) is 1. The molecule has 0 fully saturated rings. The minimum atomic E-state index is 0.640. The Kier molecular flexibility index (Phi) is 4.27. The molecule has 0 atom stereocenters. The number of rotatable bonds is 2. The average Bonchev–Trinajstić information content (AvgIpc) is 1.83. The number of hydrogen-bond donors (Lipinski definition) is 1. The molecule has 0 bridgehead atoms. The first-order valence-electron chi connectivity index (χ1n) is 2.83. The molecule has 0 amide bonds. The zero-order valence-electron chi connectivity index (χ0n) is 5.52. The van der Waals surface area contributed by atoms with Crippen molar-refractivity contribution in [3.05, 3.63) is 23.8 Å². The lowest BCUT2D eigenvalue weighted by Gasteiger charge is -1.90. The topological polar surface area (TPSA) is 26.0 Å². The van der Waals surface area contributed by atoms with Gasteiger partial charge in [0.05, 0.1) is 0 Å². The highest BCUT2D eigenvalue weighted by Crippen LogP contribution is 1.91. The van der Waals surface area contributed by atoms with E-state index in [2.05, 4.69) is 0 Å². The maximum atomic E-state index is 5.35. The fraction of sp³-hybridized carbons (Fsp3) is 0.429. The number of hydrogen-bond acceptors (Lipinski definition) is 1. The maximum Gasteiger partial charge on any atom is 0.0174 e. The highest BCUT2D eigenvalue weighted by molar-refractivity contribution is 5.17. The molecule has 8 heavy (non-hydrogen) atoms. The summed E-state index contributed by atoms with van der Waals surface area (Å²) in [4.78, 5) is 0. The molecule has 0 saturated heterocycles. The van der Waals surface area contributed by atoms with Crippen LogP contribution >= 0.6 is 0 Å². The van der Waals surface area contributed by atoms with Crippen molar-refractivity contribution in [1.29, 1.82) is 0 Å². The van der Waals surface area contributed by atoms with E-state index in [9.17, 15) is 0 Å². The van der Waals surface area contributed by atoms with Gasteiger partial charge in [-0.15, -0.1) is 0 Å². The minimum absolute atomic E-state index is 0.640. The summed E-state index contributed by atoms with van der Waals surface area (Å²) in [6.07, 6.45) is 6.02. The first-order valence-corrected chi connectivity index (χ1v) is 2.83. The van der Waals surface area contributed by atoms with Crippen LogP contribution in [0.25, 0.3) is 0 Å². The Morgan fingerprint density at radius 1 is 1.50 bits per heavy atom. The Hall–Kier alpha value is -0.560. The lowest BCUT2D eigenvalue weighted by atomic mass is 10.2. The van der Waals surface area contributed by atoms with E-state index in [0.717, 1.165) is 0 Å². The van der Waals surface area contributed by atoms with Gasteiger partial charge in [0.25, 0.3) is 0 Å². The van der Waals surface area contributed by atoms with E-state index < -0.39 is 0 Å². The molecule has 2 N–H and O–H groups in total. The van der Waals surface area contributed by atoms with Crippen molar-refractivity contribution in [3.63, 3.8) is 0 Å². The van der Waals surface area contributed by atoms with E-state index in [-0.39, 0.29) is 0 Å². The van der Waals surface area contributed by atoms with Crippen LogP contribution in [0.1, 0.15) is 13.8 Å². The third-order valence-corrected chi connectivity index (χ3v) is 0.987. The van der Waals surface area contributed by atoms with Crippen LogP contribution in [0.3, 0.4) is 0 Å². The van der Waals surface area contributed by atoms with Crippen molar-refractivity contribution < 1.29 is 0 Å². The fourth-order valence-electron chi connectivity index (χ4n) is 0.496. The predicted octanol–water partition coefficient (Wildman–Crippen LogP) is 1.47. The normalized spacial score (nSPS) is 13.1. The van der Waals surface area contributed by atoms with Crippen LogP contribution in [-0.4, -0.2) is 6.54 Å². The van der Waals surface area contributed by atoms with Crippen LogP contribution in [0.15, 0.2) is 23.8 Å². The summed E-state index contributed by atoms with van der Waals surface area (Å²) in [5.74, 6) is 0. The zero-order valence-corrected chi connectivity index (χ0v) is 5.52. The molecule has 0 aromatic rings. The third kappa shape index (κ3) is 2.59. The van der Waals surface area contributed by atoms with Gasteiger partial charge in [0.1, 0.15) is 0 Å². The molecule has 0 heterocycles. The molecule has 0 aliphatic rings. The third-order valence-electron chi connectivity index (χ3n) is 0.987.